The summed E-state index contributed by atoms with van der Waals surface area (Å²) in [7, 11) is 1.86. The summed E-state index contributed by atoms with van der Waals surface area (Å²) in [5.74, 6) is 1.74. The maximum Gasteiger partial charge on any atom is 0.0876 e. The number of aliphatic hydroxyl groups excluding tert-OH is 1. The minimum Gasteiger partial charge on any atom is -0.393 e. The van der Waals surface area contributed by atoms with Gasteiger partial charge in [-0.2, -0.15) is 0 Å². The molecule has 3 saturated carbocycles. The Morgan fingerprint density at radius 1 is 1.43 bits per heavy atom. The quantitative estimate of drug-likeness (QED) is 0.635. The van der Waals surface area contributed by atoms with Crippen LogP contribution < -0.4 is 0 Å². The van der Waals surface area contributed by atoms with Gasteiger partial charge in [0.2, 0.25) is 0 Å². The molecule has 0 aromatic rings. The van der Waals surface area contributed by atoms with E-state index in [1.54, 1.807) is 0 Å². The first-order valence-electron chi connectivity index (χ1n) is 5.69. The highest BCUT2D eigenvalue weighted by molar-refractivity contribution is 5.45. The van der Waals surface area contributed by atoms with E-state index in [1.165, 1.54) is 6.42 Å². The highest BCUT2D eigenvalue weighted by Crippen LogP contribution is 2.84. The summed E-state index contributed by atoms with van der Waals surface area (Å²) in [6.07, 6.45) is 7.95. The number of aliphatic hydroxyl groups is 1. The molecule has 2 heteroatoms. The Kier molecular flexibility index (Phi) is 1.10. The highest BCUT2D eigenvalue weighted by Gasteiger charge is 2.88. The third-order valence-corrected chi connectivity index (χ3v) is 5.57. The van der Waals surface area contributed by atoms with Crippen LogP contribution >= 0.6 is 0 Å². The fourth-order valence-corrected chi connectivity index (χ4v) is 5.21. The van der Waals surface area contributed by atoms with Crippen LogP contribution in [0.15, 0.2) is 12.2 Å². The van der Waals surface area contributed by atoms with Gasteiger partial charge in [-0.25, -0.2) is 0 Å². The third kappa shape index (κ3) is 0.478. The van der Waals surface area contributed by atoms with E-state index in [9.17, 15) is 5.11 Å². The first-order valence-corrected chi connectivity index (χ1v) is 5.69. The smallest absolute Gasteiger partial charge is 0.0876 e. The van der Waals surface area contributed by atoms with Gasteiger partial charge < -0.3 is 9.84 Å². The summed E-state index contributed by atoms with van der Waals surface area (Å²) in [5, 5.41) is 9.98. The van der Waals surface area contributed by atoms with E-state index in [4.69, 9.17) is 4.74 Å². The zero-order valence-corrected chi connectivity index (χ0v) is 8.44. The van der Waals surface area contributed by atoms with Gasteiger partial charge in [0.25, 0.3) is 0 Å². The van der Waals surface area contributed by atoms with E-state index in [2.05, 4.69) is 12.2 Å². The molecule has 0 unspecified atom stereocenters. The fraction of sp³-hybridized carbons (Fsp3) is 0.833. The van der Waals surface area contributed by atoms with Crippen LogP contribution in [0, 0.1) is 23.2 Å². The maximum atomic E-state index is 9.98. The molecular formula is C12H16O2. The zero-order chi connectivity index (χ0) is 9.55. The maximum absolute atomic E-state index is 9.98. The Hall–Kier alpha value is -0.340. The van der Waals surface area contributed by atoms with Crippen LogP contribution in [0.3, 0.4) is 0 Å². The topological polar surface area (TPSA) is 29.5 Å². The molecule has 0 saturated heterocycles. The molecule has 0 amide bonds. The number of ether oxygens (including phenoxy) is 1. The van der Waals surface area contributed by atoms with Crippen molar-refractivity contribution in [2.24, 2.45) is 23.2 Å². The predicted molar refractivity (Wildman–Crippen MR) is 51.6 cm³/mol. The molecule has 4 rings (SSSR count). The summed E-state index contributed by atoms with van der Waals surface area (Å²) in [4.78, 5) is 0. The van der Waals surface area contributed by atoms with Crippen LogP contribution in [-0.4, -0.2) is 23.9 Å². The largest absolute Gasteiger partial charge is 0.393 e. The van der Waals surface area contributed by atoms with Crippen molar-refractivity contribution in [3.63, 3.8) is 0 Å². The van der Waals surface area contributed by atoms with Crippen molar-refractivity contribution in [1.82, 2.24) is 0 Å². The zero-order valence-electron chi connectivity index (χ0n) is 8.44. The van der Waals surface area contributed by atoms with Gasteiger partial charge in [-0.05, 0) is 25.2 Å². The van der Waals surface area contributed by atoms with Gasteiger partial charge in [-0.15, -0.1) is 0 Å². The molecule has 0 bridgehead atoms. The molecule has 3 fully saturated rings. The second-order valence-corrected chi connectivity index (χ2v) is 5.45. The van der Waals surface area contributed by atoms with Crippen molar-refractivity contribution in [3.05, 3.63) is 12.2 Å². The SMILES string of the molecule is CO[C@]12[C@@H]3C=C[C@H]1C[C@@H]1[C@H](O)CC[C@]132. The minimum absolute atomic E-state index is 0.0561. The van der Waals surface area contributed by atoms with Crippen LogP contribution in [-0.2, 0) is 4.74 Å². The predicted octanol–water partition coefficient (Wildman–Crippen LogP) is 1.35. The molecule has 0 aromatic heterocycles. The second kappa shape index (κ2) is 1.96. The second-order valence-electron chi connectivity index (χ2n) is 5.45. The lowest BCUT2D eigenvalue weighted by atomic mass is 9.90. The van der Waals surface area contributed by atoms with Gasteiger partial charge in [0, 0.05) is 24.4 Å². The molecular weight excluding hydrogens is 176 g/mol. The average Bonchev–Trinajstić information content (AvgIpc) is 2.47. The molecule has 76 valence electrons. The standard InChI is InChI=1S/C12H16O2/c1-14-12-7-2-3-10(12)11(12)5-4-9(13)8(11)6-7/h2-3,7-10,13H,4-6H2,1H3/t7-,8+,9+,10+,11-,12-/m0/s1. The number of hydrogen-bond donors (Lipinski definition) is 1. The van der Waals surface area contributed by atoms with Crippen molar-refractivity contribution in [2.45, 2.75) is 31.0 Å². The Morgan fingerprint density at radius 3 is 3.00 bits per heavy atom. The molecule has 1 spiro atoms. The minimum atomic E-state index is -0.0561. The van der Waals surface area contributed by atoms with E-state index in [-0.39, 0.29) is 11.7 Å². The summed E-state index contributed by atoms with van der Waals surface area (Å²) >= 11 is 0. The van der Waals surface area contributed by atoms with Crippen molar-refractivity contribution < 1.29 is 9.84 Å². The van der Waals surface area contributed by atoms with Gasteiger partial charge in [-0.1, -0.05) is 12.2 Å². The summed E-state index contributed by atoms with van der Waals surface area (Å²) in [6, 6.07) is 0. The molecule has 4 aliphatic carbocycles. The summed E-state index contributed by atoms with van der Waals surface area (Å²) in [5.41, 5.74) is 0.468. The number of methoxy groups -OCH3 is 1. The van der Waals surface area contributed by atoms with Crippen LogP contribution in [0.1, 0.15) is 19.3 Å². The van der Waals surface area contributed by atoms with Crippen LogP contribution in [0.2, 0.25) is 0 Å². The molecule has 0 aliphatic heterocycles. The number of hydrogen-bond acceptors (Lipinski definition) is 2. The van der Waals surface area contributed by atoms with Crippen LogP contribution in [0.25, 0.3) is 0 Å². The van der Waals surface area contributed by atoms with Crippen LogP contribution in [0.4, 0.5) is 0 Å². The van der Waals surface area contributed by atoms with Gasteiger partial charge in [0.05, 0.1) is 11.7 Å². The van der Waals surface area contributed by atoms with Gasteiger partial charge >= 0.3 is 0 Å². The lowest BCUT2D eigenvalue weighted by Crippen LogP contribution is -2.23. The number of rotatable bonds is 1. The normalized spacial score (nSPS) is 67.0. The highest BCUT2D eigenvalue weighted by atomic mass is 16.5. The Labute approximate surface area is 83.9 Å². The summed E-state index contributed by atoms with van der Waals surface area (Å²) < 4.78 is 5.84. The van der Waals surface area contributed by atoms with E-state index >= 15 is 0 Å². The van der Waals surface area contributed by atoms with Gasteiger partial charge in [-0.3, -0.25) is 0 Å². The van der Waals surface area contributed by atoms with Crippen molar-refractivity contribution >= 4 is 0 Å². The third-order valence-electron chi connectivity index (χ3n) is 5.57. The van der Waals surface area contributed by atoms with Crippen LogP contribution in [0.5, 0.6) is 0 Å². The molecule has 1 N–H and O–H groups in total. The van der Waals surface area contributed by atoms with E-state index in [0.717, 1.165) is 12.8 Å². The summed E-state index contributed by atoms with van der Waals surface area (Å²) in [6.45, 7) is 0. The Bertz CT molecular complexity index is 337. The Balaban J connectivity index is 1.87. The van der Waals surface area contributed by atoms with Crippen molar-refractivity contribution in [2.75, 3.05) is 7.11 Å². The van der Waals surface area contributed by atoms with Crippen molar-refractivity contribution in [1.29, 1.82) is 0 Å². The molecule has 0 radical (unpaired) electrons. The van der Waals surface area contributed by atoms with E-state index in [1.807, 2.05) is 7.11 Å². The molecule has 0 aromatic carbocycles. The molecule has 14 heavy (non-hydrogen) atoms. The van der Waals surface area contributed by atoms with Gasteiger partial charge in [0.15, 0.2) is 0 Å². The van der Waals surface area contributed by atoms with E-state index in [0.29, 0.717) is 23.2 Å². The lowest BCUT2D eigenvalue weighted by Gasteiger charge is -2.18. The van der Waals surface area contributed by atoms with Gasteiger partial charge in [0.1, 0.15) is 0 Å². The monoisotopic (exact) mass is 192 g/mol. The first kappa shape index (κ1) is 7.89. The molecule has 4 aliphatic rings. The molecule has 2 nitrogen and oxygen atoms in total. The molecule has 6 atom stereocenters. The lowest BCUT2D eigenvalue weighted by molar-refractivity contribution is 0.0296. The van der Waals surface area contributed by atoms with E-state index < -0.39 is 0 Å². The Morgan fingerprint density at radius 2 is 2.29 bits per heavy atom. The molecule has 0 heterocycles. The average molecular weight is 192 g/mol. The fourth-order valence-electron chi connectivity index (χ4n) is 5.21. The van der Waals surface area contributed by atoms with Crippen molar-refractivity contribution in [3.8, 4) is 0 Å². The first-order chi connectivity index (χ1) is 6.77.